The number of ether oxygens (including phenoxy) is 1. The summed E-state index contributed by atoms with van der Waals surface area (Å²) < 4.78 is 7.80. The molecule has 0 bridgehead atoms. The third kappa shape index (κ3) is 3.68. The summed E-state index contributed by atoms with van der Waals surface area (Å²) in [6, 6.07) is 11.3. The molecule has 0 saturated carbocycles. The van der Waals surface area contributed by atoms with Crippen molar-refractivity contribution < 1.29 is 9.66 Å². The van der Waals surface area contributed by atoms with Gasteiger partial charge in [-0.25, -0.2) is 9.97 Å². The molecule has 0 atom stereocenters. The van der Waals surface area contributed by atoms with Crippen molar-refractivity contribution in [2.75, 3.05) is 30.9 Å². The minimum Gasteiger partial charge on any atom is -0.494 e. The topological polar surface area (TPSA) is 98.3 Å². The second-order valence-corrected chi connectivity index (χ2v) is 8.26. The minimum atomic E-state index is -0.419. The van der Waals surface area contributed by atoms with Crippen LogP contribution in [0.15, 0.2) is 48.8 Å². The molecule has 0 spiro atoms. The number of rotatable bonds is 7. The molecule has 1 radical (unpaired) electrons. The maximum Gasteiger partial charge on any atom is 0.294 e. The number of anilines is 3. The van der Waals surface area contributed by atoms with Crippen LogP contribution >= 0.6 is 0 Å². The summed E-state index contributed by atoms with van der Waals surface area (Å²) in [4.78, 5) is 22.1. The van der Waals surface area contributed by atoms with E-state index >= 15 is 0 Å². The van der Waals surface area contributed by atoms with Gasteiger partial charge in [0.05, 0.1) is 28.9 Å². The molecule has 0 saturated heterocycles. The van der Waals surface area contributed by atoms with E-state index in [1.165, 1.54) is 24.3 Å². The van der Waals surface area contributed by atoms with Crippen LogP contribution in [0.3, 0.4) is 0 Å². The lowest BCUT2D eigenvalue weighted by atomic mass is 10.0. The van der Waals surface area contributed by atoms with Gasteiger partial charge >= 0.3 is 0 Å². The number of para-hydroxylation sites is 1. The number of nitro benzene ring substituents is 1. The number of nitrogens with zero attached hydrogens (tertiary/aromatic N) is 5. The Labute approximate surface area is 197 Å². The van der Waals surface area contributed by atoms with Gasteiger partial charge in [0.2, 0.25) is 5.95 Å². The van der Waals surface area contributed by atoms with Crippen LogP contribution in [0.2, 0.25) is 0 Å². The average molecular weight is 458 g/mol. The van der Waals surface area contributed by atoms with Gasteiger partial charge in [-0.05, 0) is 31.4 Å². The van der Waals surface area contributed by atoms with Gasteiger partial charge in [-0.15, -0.1) is 0 Å². The summed E-state index contributed by atoms with van der Waals surface area (Å²) in [7, 11) is 3.26. The highest BCUT2D eigenvalue weighted by Crippen LogP contribution is 2.39. The van der Waals surface area contributed by atoms with E-state index < -0.39 is 4.92 Å². The molecule has 34 heavy (non-hydrogen) atoms. The van der Waals surface area contributed by atoms with Crippen LogP contribution in [0.1, 0.15) is 12.0 Å². The van der Waals surface area contributed by atoms with E-state index in [1.54, 1.807) is 24.2 Å². The molecular formula is C25H25N6O3. The normalized spacial score (nSPS) is 12.6. The third-order valence-corrected chi connectivity index (χ3v) is 6.25. The van der Waals surface area contributed by atoms with E-state index in [0.29, 0.717) is 29.6 Å². The Kier molecular flexibility index (Phi) is 5.53. The molecule has 9 heteroatoms. The standard InChI is InChI=1S/C25H25N6O3/c1-4-29(2)21-14-23(34-3)20(13-22(21)31(32)33)28-25-26-11-10-19(27-25)18-15-30-12-6-8-16-7-5-9-17(18)24(16)30/h5,7,9-11,13-15H,1,4,6,8,12H2,2-3H3,(H,26,27,28). The van der Waals surface area contributed by atoms with E-state index in [4.69, 9.17) is 9.72 Å². The molecule has 173 valence electrons. The van der Waals surface area contributed by atoms with Crippen LogP contribution in [-0.4, -0.2) is 40.2 Å². The van der Waals surface area contributed by atoms with Crippen molar-refractivity contribution in [2.24, 2.45) is 0 Å². The third-order valence-electron chi connectivity index (χ3n) is 6.25. The number of benzene rings is 2. The Morgan fingerprint density at radius 3 is 2.94 bits per heavy atom. The highest BCUT2D eigenvalue weighted by molar-refractivity contribution is 5.97. The molecule has 0 fully saturated rings. The number of aryl methyl sites for hydroxylation is 2. The van der Waals surface area contributed by atoms with E-state index in [9.17, 15) is 10.1 Å². The predicted molar refractivity (Wildman–Crippen MR) is 133 cm³/mol. The molecule has 3 heterocycles. The van der Waals surface area contributed by atoms with Crippen molar-refractivity contribution in [3.8, 4) is 17.0 Å². The molecule has 9 nitrogen and oxygen atoms in total. The summed E-state index contributed by atoms with van der Waals surface area (Å²) in [6.07, 6.45) is 6.03. The number of nitro groups is 1. The van der Waals surface area contributed by atoms with Crippen molar-refractivity contribution in [3.05, 3.63) is 71.4 Å². The summed E-state index contributed by atoms with van der Waals surface area (Å²) in [5.41, 5.74) is 5.21. The fourth-order valence-corrected chi connectivity index (χ4v) is 4.55. The monoisotopic (exact) mass is 457 g/mol. The Hall–Kier alpha value is -4.14. The lowest BCUT2D eigenvalue weighted by Crippen LogP contribution is -2.17. The number of methoxy groups -OCH3 is 1. The summed E-state index contributed by atoms with van der Waals surface area (Å²) in [5, 5.41) is 16.0. The van der Waals surface area contributed by atoms with Crippen LogP contribution in [-0.2, 0) is 13.0 Å². The Bertz CT molecular complexity index is 1400. The largest absolute Gasteiger partial charge is 0.494 e. The zero-order valence-electron chi connectivity index (χ0n) is 19.1. The lowest BCUT2D eigenvalue weighted by molar-refractivity contribution is -0.384. The SMILES string of the molecule is [CH2]CN(C)c1cc(OC)c(Nc2nccc(-c3cn4c5c(cccc35)CCC4)n2)cc1[N+](=O)[O-]. The maximum absolute atomic E-state index is 11.7. The van der Waals surface area contributed by atoms with Crippen molar-refractivity contribution in [2.45, 2.75) is 19.4 Å². The van der Waals surface area contributed by atoms with Crippen molar-refractivity contribution in [1.82, 2.24) is 14.5 Å². The minimum absolute atomic E-state index is 0.0559. The molecule has 4 aromatic rings. The van der Waals surface area contributed by atoms with Gasteiger partial charge in [0.25, 0.3) is 5.69 Å². The summed E-state index contributed by atoms with van der Waals surface area (Å²) in [5.74, 6) is 0.775. The molecule has 5 rings (SSSR count). The van der Waals surface area contributed by atoms with Crippen molar-refractivity contribution >= 4 is 33.9 Å². The Morgan fingerprint density at radius 1 is 1.32 bits per heavy atom. The Morgan fingerprint density at radius 2 is 2.18 bits per heavy atom. The first kappa shape index (κ1) is 21.7. The second-order valence-electron chi connectivity index (χ2n) is 8.26. The van der Waals surface area contributed by atoms with Gasteiger partial charge in [-0.1, -0.05) is 18.2 Å². The molecule has 1 aliphatic heterocycles. The van der Waals surface area contributed by atoms with E-state index in [2.05, 4.69) is 46.2 Å². The highest BCUT2D eigenvalue weighted by Gasteiger charge is 2.22. The lowest BCUT2D eigenvalue weighted by Gasteiger charge is -2.19. The first-order valence-electron chi connectivity index (χ1n) is 11.1. The molecule has 0 aliphatic carbocycles. The van der Waals surface area contributed by atoms with E-state index in [1.807, 2.05) is 6.07 Å². The fraction of sp³-hybridized carbons (Fsp3) is 0.240. The van der Waals surface area contributed by atoms with Crippen LogP contribution in [0.25, 0.3) is 22.2 Å². The second kappa shape index (κ2) is 8.66. The van der Waals surface area contributed by atoms with Crippen LogP contribution in [0.5, 0.6) is 5.75 Å². The van der Waals surface area contributed by atoms with Gasteiger partial charge in [0.1, 0.15) is 11.4 Å². The Balaban J connectivity index is 1.55. The van der Waals surface area contributed by atoms with Crippen LogP contribution in [0.4, 0.5) is 23.0 Å². The van der Waals surface area contributed by atoms with E-state index in [0.717, 1.165) is 36.0 Å². The highest BCUT2D eigenvalue weighted by atomic mass is 16.6. The number of nitrogens with one attached hydrogen (secondary N) is 1. The maximum atomic E-state index is 11.7. The number of aromatic nitrogens is 3. The fourth-order valence-electron chi connectivity index (χ4n) is 4.55. The van der Waals surface area contributed by atoms with Gasteiger partial charge < -0.3 is 19.5 Å². The smallest absolute Gasteiger partial charge is 0.294 e. The number of hydrogen-bond acceptors (Lipinski definition) is 7. The number of hydrogen-bond donors (Lipinski definition) is 1. The molecule has 1 N–H and O–H groups in total. The van der Waals surface area contributed by atoms with E-state index in [-0.39, 0.29) is 5.69 Å². The van der Waals surface area contributed by atoms with Gasteiger partial charge in [-0.3, -0.25) is 10.1 Å². The molecular weight excluding hydrogens is 432 g/mol. The molecule has 2 aromatic carbocycles. The van der Waals surface area contributed by atoms with Crippen LogP contribution < -0.4 is 15.0 Å². The van der Waals surface area contributed by atoms with Gasteiger partial charge in [-0.2, -0.15) is 0 Å². The molecule has 0 amide bonds. The molecule has 1 aliphatic rings. The average Bonchev–Trinajstić information content (AvgIpc) is 3.24. The van der Waals surface area contributed by atoms with Crippen LogP contribution in [0, 0.1) is 17.0 Å². The summed E-state index contributed by atoms with van der Waals surface area (Å²) in [6.45, 7) is 5.17. The zero-order valence-corrected chi connectivity index (χ0v) is 19.1. The summed E-state index contributed by atoms with van der Waals surface area (Å²) >= 11 is 0. The first-order chi connectivity index (χ1) is 16.5. The van der Waals surface area contributed by atoms with Gasteiger partial charge in [0.15, 0.2) is 0 Å². The zero-order chi connectivity index (χ0) is 23.8. The quantitative estimate of drug-likeness (QED) is 0.309. The molecule has 2 aromatic heterocycles. The van der Waals surface area contributed by atoms with Crippen molar-refractivity contribution in [1.29, 1.82) is 0 Å². The predicted octanol–water partition coefficient (Wildman–Crippen LogP) is 4.98. The van der Waals surface area contributed by atoms with Gasteiger partial charge in [0, 0.05) is 55.6 Å². The first-order valence-corrected chi connectivity index (χ1v) is 11.1. The molecule has 0 unspecified atom stereocenters. The van der Waals surface area contributed by atoms with Crippen molar-refractivity contribution in [3.63, 3.8) is 0 Å².